The fourth-order valence-electron chi connectivity index (χ4n) is 4.58. The van der Waals surface area contributed by atoms with Gasteiger partial charge in [-0.2, -0.15) is 13.2 Å². The van der Waals surface area contributed by atoms with Crippen LogP contribution in [0.4, 0.5) is 18.0 Å². The number of likely N-dealkylation sites (tertiary alicyclic amines) is 1. The molecule has 2 heterocycles. The molecule has 3 amide bonds. The van der Waals surface area contributed by atoms with Gasteiger partial charge in [0, 0.05) is 6.54 Å². The minimum absolute atomic E-state index is 0.0662. The van der Waals surface area contributed by atoms with E-state index in [2.05, 4.69) is 5.32 Å². The third-order valence-electron chi connectivity index (χ3n) is 6.56. The zero-order valence-corrected chi connectivity index (χ0v) is 18.1. The summed E-state index contributed by atoms with van der Waals surface area (Å²) in [5, 5.41) is 2.87. The number of hydrogen-bond acceptors (Lipinski definition) is 3. The fourth-order valence-corrected chi connectivity index (χ4v) is 4.58. The van der Waals surface area contributed by atoms with Crippen LogP contribution in [0.25, 0.3) is 0 Å². The number of nitrogens with one attached hydrogen (secondary N) is 1. The highest BCUT2D eigenvalue weighted by atomic mass is 19.4. The number of halogens is 3. The minimum atomic E-state index is -4.29. The molecular weight excluding hydrogens is 419 g/mol. The van der Waals surface area contributed by atoms with Crippen molar-refractivity contribution in [2.24, 2.45) is 5.92 Å². The smallest absolute Gasteiger partial charge is 0.315 e. The van der Waals surface area contributed by atoms with Gasteiger partial charge in [-0.05, 0) is 55.5 Å². The molecule has 2 saturated heterocycles. The maximum Gasteiger partial charge on any atom is 0.393 e. The molecule has 4 rings (SSSR count). The molecule has 2 atom stereocenters. The van der Waals surface area contributed by atoms with Crippen molar-refractivity contribution in [3.05, 3.63) is 70.8 Å². The van der Waals surface area contributed by atoms with Gasteiger partial charge in [0.15, 0.2) is 5.54 Å². The van der Waals surface area contributed by atoms with Crippen molar-refractivity contribution >= 4 is 11.9 Å². The molecule has 2 aliphatic rings. The van der Waals surface area contributed by atoms with Crippen molar-refractivity contribution in [2.45, 2.75) is 38.4 Å². The van der Waals surface area contributed by atoms with Crippen molar-refractivity contribution in [3.63, 3.8) is 0 Å². The average Bonchev–Trinajstić information content (AvgIpc) is 3.01. The number of rotatable bonds is 4. The van der Waals surface area contributed by atoms with E-state index in [0.29, 0.717) is 24.1 Å². The number of carbonyl (C=O) groups is 2. The summed E-state index contributed by atoms with van der Waals surface area (Å²) < 4.78 is 39.7. The van der Waals surface area contributed by atoms with E-state index in [9.17, 15) is 22.8 Å². The van der Waals surface area contributed by atoms with E-state index in [1.54, 1.807) is 29.2 Å². The van der Waals surface area contributed by atoms with E-state index < -0.39 is 29.6 Å². The molecule has 0 radical (unpaired) electrons. The Morgan fingerprint density at radius 3 is 2.41 bits per heavy atom. The molecule has 0 aliphatic carbocycles. The van der Waals surface area contributed by atoms with E-state index in [4.69, 9.17) is 0 Å². The van der Waals surface area contributed by atoms with Crippen LogP contribution in [0, 0.1) is 19.8 Å². The molecule has 2 aromatic carbocycles. The van der Waals surface area contributed by atoms with Crippen LogP contribution in [-0.4, -0.2) is 47.7 Å². The average molecular weight is 445 g/mol. The predicted molar refractivity (Wildman–Crippen MR) is 114 cm³/mol. The summed E-state index contributed by atoms with van der Waals surface area (Å²) in [4.78, 5) is 29.4. The van der Waals surface area contributed by atoms with Gasteiger partial charge in [0.1, 0.15) is 0 Å². The van der Waals surface area contributed by atoms with Crippen LogP contribution >= 0.6 is 0 Å². The SMILES string of the molecule is Cc1ccc([C@]2(c3ccccc3)NC(=O)N(CN3CCC[C@@H](C(F)(F)F)C3)C2=O)cc1C. The summed E-state index contributed by atoms with van der Waals surface area (Å²) in [6.07, 6.45) is -3.85. The third kappa shape index (κ3) is 3.88. The normalized spacial score (nSPS) is 24.7. The van der Waals surface area contributed by atoms with Crippen molar-refractivity contribution in [1.82, 2.24) is 15.1 Å². The number of benzene rings is 2. The molecule has 0 bridgehead atoms. The number of imide groups is 1. The van der Waals surface area contributed by atoms with E-state index in [1.165, 1.54) is 0 Å². The summed E-state index contributed by atoms with van der Waals surface area (Å²) >= 11 is 0. The Bertz CT molecular complexity index is 1020. The number of amides is 3. The molecule has 32 heavy (non-hydrogen) atoms. The second-order valence-electron chi connectivity index (χ2n) is 8.68. The first-order chi connectivity index (χ1) is 15.1. The van der Waals surface area contributed by atoms with Gasteiger partial charge in [-0.15, -0.1) is 0 Å². The second-order valence-corrected chi connectivity index (χ2v) is 8.68. The summed E-state index contributed by atoms with van der Waals surface area (Å²) in [6.45, 7) is 3.91. The Hall–Kier alpha value is -2.87. The number of aryl methyl sites for hydroxylation is 2. The van der Waals surface area contributed by atoms with Crippen LogP contribution in [0.2, 0.25) is 0 Å². The molecule has 8 heteroatoms. The lowest BCUT2D eigenvalue weighted by Crippen LogP contribution is -2.49. The topological polar surface area (TPSA) is 52.7 Å². The maximum absolute atomic E-state index is 13.8. The second kappa shape index (κ2) is 8.24. The quantitative estimate of drug-likeness (QED) is 0.713. The van der Waals surface area contributed by atoms with Crippen LogP contribution < -0.4 is 5.32 Å². The van der Waals surface area contributed by atoms with Crippen LogP contribution in [0.15, 0.2) is 48.5 Å². The molecule has 0 aromatic heterocycles. The number of nitrogens with zero attached hydrogens (tertiary/aromatic N) is 2. The Morgan fingerprint density at radius 1 is 1.03 bits per heavy atom. The standard InChI is InChI=1S/C24H26F3N3O2/c1-16-10-11-19(13-17(16)2)23(18-7-4-3-5-8-18)21(31)30(22(32)28-23)15-29-12-6-9-20(14-29)24(25,26)27/h3-5,7-8,10-11,13,20H,6,9,12,14-15H2,1-2H3,(H,28,32)/t20-,23+/m1/s1. The lowest BCUT2D eigenvalue weighted by molar-refractivity contribution is -0.187. The first-order valence-electron chi connectivity index (χ1n) is 10.7. The van der Waals surface area contributed by atoms with Gasteiger partial charge >= 0.3 is 12.2 Å². The van der Waals surface area contributed by atoms with Gasteiger partial charge in [0.05, 0.1) is 12.6 Å². The monoisotopic (exact) mass is 445 g/mol. The lowest BCUT2D eigenvalue weighted by atomic mass is 9.81. The molecule has 0 spiro atoms. The molecule has 170 valence electrons. The number of alkyl halides is 3. The third-order valence-corrected chi connectivity index (χ3v) is 6.56. The van der Waals surface area contributed by atoms with Gasteiger partial charge in [-0.3, -0.25) is 9.69 Å². The molecule has 5 nitrogen and oxygen atoms in total. The van der Waals surface area contributed by atoms with Crippen molar-refractivity contribution < 1.29 is 22.8 Å². The molecule has 2 aromatic rings. The molecular formula is C24H26F3N3O2. The zero-order chi connectivity index (χ0) is 23.1. The highest BCUT2D eigenvalue weighted by molar-refractivity contribution is 6.09. The van der Waals surface area contributed by atoms with Crippen molar-refractivity contribution in [1.29, 1.82) is 0 Å². The Labute approximate surface area is 185 Å². The summed E-state index contributed by atoms with van der Waals surface area (Å²) in [5.41, 5.74) is 1.84. The molecule has 2 fully saturated rings. The Balaban J connectivity index is 1.69. The number of urea groups is 1. The number of piperidine rings is 1. The summed E-state index contributed by atoms with van der Waals surface area (Å²) in [6, 6.07) is 13.9. The highest BCUT2D eigenvalue weighted by Crippen LogP contribution is 2.38. The van der Waals surface area contributed by atoms with Gasteiger partial charge < -0.3 is 5.32 Å². The van der Waals surface area contributed by atoms with E-state index in [-0.39, 0.29) is 19.6 Å². The fraction of sp³-hybridized carbons (Fsp3) is 0.417. The molecule has 2 aliphatic heterocycles. The van der Waals surface area contributed by atoms with Gasteiger partial charge in [-0.25, -0.2) is 9.69 Å². The summed E-state index contributed by atoms with van der Waals surface area (Å²) in [5.74, 6) is -1.93. The van der Waals surface area contributed by atoms with E-state index in [1.807, 2.05) is 38.1 Å². The van der Waals surface area contributed by atoms with E-state index in [0.717, 1.165) is 16.0 Å². The first kappa shape index (κ1) is 22.3. The molecule has 0 unspecified atom stereocenters. The Kier molecular flexibility index (Phi) is 5.75. The maximum atomic E-state index is 13.8. The summed E-state index contributed by atoms with van der Waals surface area (Å²) in [7, 11) is 0. The van der Waals surface area contributed by atoms with Gasteiger partial charge in [-0.1, -0.05) is 48.5 Å². The largest absolute Gasteiger partial charge is 0.393 e. The Morgan fingerprint density at radius 2 is 1.75 bits per heavy atom. The predicted octanol–water partition coefficient (Wildman–Crippen LogP) is 4.33. The number of hydrogen-bond donors (Lipinski definition) is 1. The first-order valence-corrected chi connectivity index (χ1v) is 10.7. The van der Waals surface area contributed by atoms with Gasteiger partial charge in [0.2, 0.25) is 0 Å². The van der Waals surface area contributed by atoms with Crippen LogP contribution in [0.5, 0.6) is 0 Å². The van der Waals surface area contributed by atoms with Gasteiger partial charge in [0.25, 0.3) is 5.91 Å². The van der Waals surface area contributed by atoms with E-state index >= 15 is 0 Å². The van der Waals surface area contributed by atoms with Crippen LogP contribution in [0.3, 0.4) is 0 Å². The van der Waals surface area contributed by atoms with Crippen LogP contribution in [0.1, 0.15) is 35.1 Å². The lowest BCUT2D eigenvalue weighted by Gasteiger charge is -2.35. The molecule has 0 saturated carbocycles. The van der Waals surface area contributed by atoms with Crippen LogP contribution in [-0.2, 0) is 10.3 Å². The highest BCUT2D eigenvalue weighted by Gasteiger charge is 2.54. The van der Waals surface area contributed by atoms with Crippen molar-refractivity contribution in [3.8, 4) is 0 Å². The zero-order valence-electron chi connectivity index (χ0n) is 18.1. The van der Waals surface area contributed by atoms with Crippen molar-refractivity contribution in [2.75, 3.05) is 19.8 Å². The number of carbonyl (C=O) groups excluding carboxylic acids is 2. The minimum Gasteiger partial charge on any atom is -0.315 e. The molecule has 1 N–H and O–H groups in total.